The van der Waals surface area contributed by atoms with Gasteiger partial charge in [0.05, 0.1) is 12.7 Å². The number of hydrogen-bond donors (Lipinski definition) is 1. The summed E-state index contributed by atoms with van der Waals surface area (Å²) in [5.41, 5.74) is 5.75. The van der Waals surface area contributed by atoms with Crippen molar-refractivity contribution in [3.8, 4) is 0 Å². The highest BCUT2D eigenvalue weighted by Crippen LogP contribution is 2.25. The lowest BCUT2D eigenvalue weighted by Gasteiger charge is -2.34. The normalized spacial score (nSPS) is 17.1. The van der Waals surface area contributed by atoms with Gasteiger partial charge in [-0.15, -0.1) is 0 Å². The molecule has 0 fully saturated rings. The van der Waals surface area contributed by atoms with Crippen molar-refractivity contribution in [3.05, 3.63) is 64.7 Å². The highest BCUT2D eigenvalue weighted by molar-refractivity contribution is 5.97. The van der Waals surface area contributed by atoms with E-state index < -0.39 is 6.10 Å². The molecule has 2 aliphatic heterocycles. The first kappa shape index (κ1) is 22.8. The topological polar surface area (TPSA) is 56.2 Å². The van der Waals surface area contributed by atoms with Crippen LogP contribution in [0.3, 0.4) is 0 Å². The summed E-state index contributed by atoms with van der Waals surface area (Å²) in [7, 11) is 1.71. The third-order valence-corrected chi connectivity index (χ3v) is 6.68. The Morgan fingerprint density at radius 1 is 1.06 bits per heavy atom. The number of carbonyl (C=O) groups excluding carboxylic acids is 1. The van der Waals surface area contributed by atoms with Crippen molar-refractivity contribution in [2.45, 2.75) is 32.4 Å². The summed E-state index contributed by atoms with van der Waals surface area (Å²) in [6.45, 7) is 7.98. The van der Waals surface area contributed by atoms with E-state index in [0.29, 0.717) is 26.2 Å². The first-order valence-electron chi connectivity index (χ1n) is 11.7. The van der Waals surface area contributed by atoms with Crippen LogP contribution < -0.4 is 4.90 Å². The van der Waals surface area contributed by atoms with Gasteiger partial charge >= 0.3 is 0 Å². The van der Waals surface area contributed by atoms with Gasteiger partial charge in [-0.1, -0.05) is 24.3 Å². The molecule has 2 aliphatic rings. The standard InChI is InChI=1S/C26H35N3O3/c1-3-28(14-15-32-2)23-8-9-25-21(16-23)11-13-29(26(25)31)19-24(30)18-27-12-10-20-6-4-5-7-22(20)17-27/h4-9,16,24,30H,3,10-15,17-19H2,1-2H3. The second-order valence-corrected chi connectivity index (χ2v) is 8.82. The molecule has 32 heavy (non-hydrogen) atoms. The van der Waals surface area contributed by atoms with Crippen LogP contribution in [0.25, 0.3) is 0 Å². The van der Waals surface area contributed by atoms with E-state index in [2.05, 4.69) is 47.1 Å². The zero-order valence-corrected chi connectivity index (χ0v) is 19.3. The Bertz CT molecular complexity index is 932. The van der Waals surface area contributed by atoms with Gasteiger partial charge in [0.1, 0.15) is 0 Å². The monoisotopic (exact) mass is 437 g/mol. The van der Waals surface area contributed by atoms with Crippen molar-refractivity contribution in [3.63, 3.8) is 0 Å². The number of benzene rings is 2. The maximum absolute atomic E-state index is 13.1. The van der Waals surface area contributed by atoms with E-state index in [1.165, 1.54) is 11.1 Å². The van der Waals surface area contributed by atoms with Crippen LogP contribution in [-0.4, -0.2) is 79.9 Å². The second-order valence-electron chi connectivity index (χ2n) is 8.82. The number of aliphatic hydroxyl groups is 1. The minimum Gasteiger partial charge on any atom is -0.390 e. The summed E-state index contributed by atoms with van der Waals surface area (Å²) in [6.07, 6.45) is 1.29. The van der Waals surface area contributed by atoms with Crippen molar-refractivity contribution in [2.75, 3.05) is 57.9 Å². The Hall–Kier alpha value is -2.41. The SMILES string of the molecule is CCN(CCOC)c1ccc2c(c1)CCN(CC(O)CN1CCc3ccccc3C1)C2=O. The number of methoxy groups -OCH3 is 1. The second kappa shape index (κ2) is 10.5. The Labute approximate surface area is 191 Å². The molecule has 1 atom stereocenters. The highest BCUT2D eigenvalue weighted by Gasteiger charge is 2.27. The molecule has 6 nitrogen and oxygen atoms in total. The average Bonchev–Trinajstić information content (AvgIpc) is 2.81. The summed E-state index contributed by atoms with van der Waals surface area (Å²) in [5, 5.41) is 10.7. The molecule has 6 heteroatoms. The van der Waals surface area contributed by atoms with E-state index in [1.54, 1.807) is 7.11 Å². The van der Waals surface area contributed by atoms with Gasteiger partial charge in [0.25, 0.3) is 5.91 Å². The maximum Gasteiger partial charge on any atom is 0.254 e. The predicted molar refractivity (Wildman–Crippen MR) is 127 cm³/mol. The summed E-state index contributed by atoms with van der Waals surface area (Å²) in [5.74, 6) is 0.0285. The van der Waals surface area contributed by atoms with Gasteiger partial charge in [0, 0.05) is 64.2 Å². The average molecular weight is 438 g/mol. The fraction of sp³-hybridized carbons (Fsp3) is 0.500. The summed E-state index contributed by atoms with van der Waals surface area (Å²) < 4.78 is 5.22. The molecule has 1 amide bonds. The predicted octanol–water partition coefficient (Wildman–Crippen LogP) is 2.58. The number of amides is 1. The Kier molecular flexibility index (Phi) is 7.45. The lowest BCUT2D eigenvalue weighted by Crippen LogP contribution is -2.46. The fourth-order valence-corrected chi connectivity index (χ4v) is 4.89. The van der Waals surface area contributed by atoms with Crippen LogP contribution in [-0.2, 0) is 24.1 Å². The maximum atomic E-state index is 13.1. The van der Waals surface area contributed by atoms with Gasteiger partial charge in [0.2, 0.25) is 0 Å². The van der Waals surface area contributed by atoms with Gasteiger partial charge < -0.3 is 19.6 Å². The Morgan fingerprint density at radius 3 is 2.62 bits per heavy atom. The molecule has 1 N–H and O–H groups in total. The molecule has 0 aromatic heterocycles. The molecule has 0 spiro atoms. The minimum absolute atomic E-state index is 0.0285. The molecular weight excluding hydrogens is 402 g/mol. The lowest BCUT2D eigenvalue weighted by molar-refractivity contribution is 0.0493. The number of ether oxygens (including phenoxy) is 1. The molecular formula is C26H35N3O3. The van der Waals surface area contributed by atoms with Crippen molar-refractivity contribution >= 4 is 11.6 Å². The third-order valence-electron chi connectivity index (χ3n) is 6.68. The first-order chi connectivity index (χ1) is 15.6. The van der Waals surface area contributed by atoms with Crippen molar-refractivity contribution in [2.24, 2.45) is 0 Å². The van der Waals surface area contributed by atoms with E-state index in [0.717, 1.165) is 55.8 Å². The number of nitrogens with zero attached hydrogens (tertiary/aromatic N) is 3. The number of carbonyl (C=O) groups is 1. The number of anilines is 1. The molecule has 0 radical (unpaired) electrons. The largest absolute Gasteiger partial charge is 0.390 e. The molecule has 0 aliphatic carbocycles. The number of likely N-dealkylation sites (N-methyl/N-ethyl adjacent to an activating group) is 1. The van der Waals surface area contributed by atoms with E-state index >= 15 is 0 Å². The van der Waals surface area contributed by atoms with Crippen molar-refractivity contribution in [1.29, 1.82) is 0 Å². The fourth-order valence-electron chi connectivity index (χ4n) is 4.89. The van der Waals surface area contributed by atoms with Crippen LogP contribution in [0, 0.1) is 0 Å². The number of fused-ring (bicyclic) bond motifs is 2. The number of aliphatic hydroxyl groups excluding tert-OH is 1. The number of hydrogen-bond acceptors (Lipinski definition) is 5. The van der Waals surface area contributed by atoms with Gasteiger partial charge in [-0.05, 0) is 54.7 Å². The summed E-state index contributed by atoms with van der Waals surface area (Å²) in [6, 6.07) is 14.6. The van der Waals surface area contributed by atoms with Gasteiger partial charge in [-0.3, -0.25) is 9.69 Å². The van der Waals surface area contributed by atoms with Crippen LogP contribution in [0.2, 0.25) is 0 Å². The van der Waals surface area contributed by atoms with Crippen molar-refractivity contribution in [1.82, 2.24) is 9.80 Å². The summed E-state index contributed by atoms with van der Waals surface area (Å²) in [4.78, 5) is 19.5. The molecule has 2 heterocycles. The van der Waals surface area contributed by atoms with Crippen LogP contribution in [0.15, 0.2) is 42.5 Å². The molecule has 2 aromatic rings. The molecule has 0 bridgehead atoms. The zero-order valence-electron chi connectivity index (χ0n) is 19.3. The van der Waals surface area contributed by atoms with E-state index in [9.17, 15) is 9.90 Å². The smallest absolute Gasteiger partial charge is 0.254 e. The minimum atomic E-state index is -0.547. The van der Waals surface area contributed by atoms with E-state index in [1.807, 2.05) is 17.0 Å². The molecule has 0 saturated heterocycles. The number of rotatable bonds is 9. The van der Waals surface area contributed by atoms with Gasteiger partial charge in [0.15, 0.2) is 0 Å². The molecule has 1 unspecified atom stereocenters. The van der Waals surface area contributed by atoms with Crippen LogP contribution in [0.1, 0.15) is 34.0 Å². The van der Waals surface area contributed by atoms with E-state index in [-0.39, 0.29) is 5.91 Å². The summed E-state index contributed by atoms with van der Waals surface area (Å²) >= 11 is 0. The van der Waals surface area contributed by atoms with Crippen LogP contribution in [0.4, 0.5) is 5.69 Å². The molecule has 2 aromatic carbocycles. The first-order valence-corrected chi connectivity index (χ1v) is 11.7. The number of β-amino-alcohol motifs (C(OH)–C–C–N with tert-alkyl or cyclic N) is 1. The Balaban J connectivity index is 1.35. The van der Waals surface area contributed by atoms with Gasteiger partial charge in [-0.2, -0.15) is 0 Å². The Morgan fingerprint density at radius 2 is 1.84 bits per heavy atom. The third kappa shape index (κ3) is 5.14. The molecule has 4 rings (SSSR count). The highest BCUT2D eigenvalue weighted by atomic mass is 16.5. The molecule has 0 saturated carbocycles. The zero-order chi connectivity index (χ0) is 22.5. The van der Waals surface area contributed by atoms with E-state index in [4.69, 9.17) is 4.74 Å². The molecule has 172 valence electrons. The van der Waals surface area contributed by atoms with Crippen LogP contribution >= 0.6 is 0 Å². The van der Waals surface area contributed by atoms with Gasteiger partial charge in [-0.25, -0.2) is 0 Å². The van der Waals surface area contributed by atoms with Crippen molar-refractivity contribution < 1.29 is 14.6 Å². The quantitative estimate of drug-likeness (QED) is 0.654. The lowest BCUT2D eigenvalue weighted by atomic mass is 9.97. The van der Waals surface area contributed by atoms with Crippen LogP contribution in [0.5, 0.6) is 0 Å².